The van der Waals surface area contributed by atoms with E-state index in [0.717, 1.165) is 11.1 Å². The summed E-state index contributed by atoms with van der Waals surface area (Å²) in [6, 6.07) is 10.6. The molecule has 21 heavy (non-hydrogen) atoms. The Hall–Kier alpha value is -2.34. The highest BCUT2D eigenvalue weighted by Gasteiger charge is 2.16. The van der Waals surface area contributed by atoms with Crippen LogP contribution in [0.5, 0.6) is 0 Å². The van der Waals surface area contributed by atoms with Gasteiger partial charge in [0, 0.05) is 0 Å². The van der Waals surface area contributed by atoms with E-state index in [1.54, 1.807) is 6.07 Å². The van der Waals surface area contributed by atoms with Crippen molar-refractivity contribution in [2.24, 2.45) is 0 Å². The predicted molar refractivity (Wildman–Crippen MR) is 80.1 cm³/mol. The van der Waals surface area contributed by atoms with Crippen molar-refractivity contribution in [3.05, 3.63) is 59.2 Å². The fourth-order valence-electron chi connectivity index (χ4n) is 1.83. The molecule has 0 radical (unpaired) electrons. The molecule has 2 N–H and O–H groups in total. The molecule has 0 amide bonds. The van der Waals surface area contributed by atoms with E-state index in [1.165, 1.54) is 24.3 Å². The van der Waals surface area contributed by atoms with Crippen molar-refractivity contribution in [2.45, 2.75) is 18.7 Å². The number of carbonyl (C=O) groups is 1. The summed E-state index contributed by atoms with van der Waals surface area (Å²) in [7, 11) is -3.74. The topological polar surface area (TPSA) is 83.5 Å². The van der Waals surface area contributed by atoms with Gasteiger partial charge in [0.15, 0.2) is 0 Å². The number of carboxylic acids is 1. The van der Waals surface area contributed by atoms with Crippen molar-refractivity contribution in [1.82, 2.24) is 0 Å². The van der Waals surface area contributed by atoms with Crippen molar-refractivity contribution < 1.29 is 18.3 Å². The first-order chi connectivity index (χ1) is 9.79. The van der Waals surface area contributed by atoms with Crippen LogP contribution in [-0.2, 0) is 10.0 Å². The molecule has 0 aliphatic heterocycles. The molecule has 5 nitrogen and oxygen atoms in total. The molecule has 0 unspecified atom stereocenters. The van der Waals surface area contributed by atoms with E-state index in [4.69, 9.17) is 5.11 Å². The van der Waals surface area contributed by atoms with E-state index in [-0.39, 0.29) is 10.5 Å². The molecule has 0 spiro atoms. The quantitative estimate of drug-likeness (QED) is 0.909. The monoisotopic (exact) mass is 305 g/mol. The van der Waals surface area contributed by atoms with Crippen LogP contribution in [0.3, 0.4) is 0 Å². The predicted octanol–water partition coefficient (Wildman–Crippen LogP) is 2.80. The maximum atomic E-state index is 12.3. The van der Waals surface area contributed by atoms with Gasteiger partial charge in [0.25, 0.3) is 10.0 Å². The normalized spacial score (nSPS) is 11.1. The highest BCUT2D eigenvalue weighted by Crippen LogP contribution is 2.21. The number of rotatable bonds is 4. The highest BCUT2D eigenvalue weighted by atomic mass is 32.2. The number of hydrogen-bond donors (Lipinski definition) is 2. The molecule has 0 aliphatic carbocycles. The van der Waals surface area contributed by atoms with Gasteiger partial charge in [-0.3, -0.25) is 4.72 Å². The molecule has 0 saturated heterocycles. The average Bonchev–Trinajstić information content (AvgIpc) is 2.43. The van der Waals surface area contributed by atoms with E-state index >= 15 is 0 Å². The molecule has 2 aromatic carbocycles. The van der Waals surface area contributed by atoms with Crippen LogP contribution < -0.4 is 4.72 Å². The minimum Gasteiger partial charge on any atom is -0.478 e. The number of anilines is 1. The van der Waals surface area contributed by atoms with Crippen molar-refractivity contribution in [1.29, 1.82) is 0 Å². The molecule has 110 valence electrons. The largest absolute Gasteiger partial charge is 0.478 e. The Kier molecular flexibility index (Phi) is 3.99. The Morgan fingerprint density at radius 3 is 2.24 bits per heavy atom. The smallest absolute Gasteiger partial charge is 0.335 e. The van der Waals surface area contributed by atoms with Crippen molar-refractivity contribution in [3.63, 3.8) is 0 Å². The standard InChI is InChI=1S/C15H15NO4S/c1-10-3-4-11(2)14(9-10)16-21(19,20)13-7-5-12(6-8-13)15(17)18/h3-9,16H,1-2H3,(H,17,18). The van der Waals surface area contributed by atoms with Crippen molar-refractivity contribution >= 4 is 21.7 Å². The van der Waals surface area contributed by atoms with Crippen LogP contribution in [0.4, 0.5) is 5.69 Å². The van der Waals surface area contributed by atoms with Crippen LogP contribution in [0.2, 0.25) is 0 Å². The molecular formula is C15H15NO4S. The minimum atomic E-state index is -3.74. The first-order valence-corrected chi connectivity index (χ1v) is 7.71. The Bertz CT molecular complexity index is 780. The van der Waals surface area contributed by atoms with E-state index in [2.05, 4.69) is 4.72 Å². The highest BCUT2D eigenvalue weighted by molar-refractivity contribution is 7.92. The van der Waals surface area contributed by atoms with E-state index in [0.29, 0.717) is 5.69 Å². The van der Waals surface area contributed by atoms with Gasteiger partial charge in [0.05, 0.1) is 16.1 Å². The number of benzene rings is 2. The van der Waals surface area contributed by atoms with Crippen LogP contribution in [-0.4, -0.2) is 19.5 Å². The van der Waals surface area contributed by atoms with Crippen LogP contribution in [0.25, 0.3) is 0 Å². The van der Waals surface area contributed by atoms with Gasteiger partial charge < -0.3 is 5.11 Å². The van der Waals surface area contributed by atoms with Gasteiger partial charge in [0.1, 0.15) is 0 Å². The average molecular weight is 305 g/mol. The van der Waals surface area contributed by atoms with Gasteiger partial charge in [-0.05, 0) is 55.3 Å². The number of sulfonamides is 1. The summed E-state index contributed by atoms with van der Waals surface area (Å²) < 4.78 is 27.1. The molecule has 0 bridgehead atoms. The van der Waals surface area contributed by atoms with E-state index < -0.39 is 16.0 Å². The van der Waals surface area contributed by atoms with Gasteiger partial charge in [-0.2, -0.15) is 0 Å². The summed E-state index contributed by atoms with van der Waals surface area (Å²) in [5, 5.41) is 8.82. The third-order valence-electron chi connectivity index (χ3n) is 3.05. The Morgan fingerprint density at radius 1 is 1.05 bits per heavy atom. The van der Waals surface area contributed by atoms with Crippen LogP contribution in [0.15, 0.2) is 47.4 Å². The van der Waals surface area contributed by atoms with Gasteiger partial charge in [-0.25, -0.2) is 13.2 Å². The lowest BCUT2D eigenvalue weighted by atomic mass is 10.1. The summed E-state index contributed by atoms with van der Waals surface area (Å²) in [6.07, 6.45) is 0. The lowest BCUT2D eigenvalue weighted by Crippen LogP contribution is -2.14. The summed E-state index contributed by atoms with van der Waals surface area (Å²) >= 11 is 0. The second kappa shape index (κ2) is 5.57. The molecular weight excluding hydrogens is 290 g/mol. The molecule has 0 aliphatic rings. The van der Waals surface area contributed by atoms with E-state index in [9.17, 15) is 13.2 Å². The lowest BCUT2D eigenvalue weighted by molar-refractivity contribution is 0.0696. The van der Waals surface area contributed by atoms with Crippen LogP contribution in [0.1, 0.15) is 21.5 Å². The molecule has 6 heteroatoms. The fourth-order valence-corrected chi connectivity index (χ4v) is 2.95. The maximum absolute atomic E-state index is 12.3. The molecule has 0 atom stereocenters. The zero-order valence-electron chi connectivity index (χ0n) is 11.6. The molecule has 0 saturated carbocycles. The Balaban J connectivity index is 2.34. The molecule has 0 heterocycles. The number of hydrogen-bond acceptors (Lipinski definition) is 3. The van der Waals surface area contributed by atoms with Gasteiger partial charge in [-0.15, -0.1) is 0 Å². The lowest BCUT2D eigenvalue weighted by Gasteiger charge is -2.11. The Labute approximate surface area is 123 Å². The Morgan fingerprint density at radius 2 is 1.67 bits per heavy atom. The first kappa shape index (κ1) is 15.1. The fraction of sp³-hybridized carbons (Fsp3) is 0.133. The first-order valence-electron chi connectivity index (χ1n) is 6.23. The number of aromatic carboxylic acids is 1. The maximum Gasteiger partial charge on any atom is 0.335 e. The molecule has 0 aromatic heterocycles. The van der Waals surface area contributed by atoms with Gasteiger partial charge in [0.2, 0.25) is 0 Å². The SMILES string of the molecule is Cc1ccc(C)c(NS(=O)(=O)c2ccc(C(=O)O)cc2)c1. The zero-order valence-corrected chi connectivity index (χ0v) is 12.4. The van der Waals surface area contributed by atoms with Gasteiger partial charge >= 0.3 is 5.97 Å². The number of carboxylic acid groups (broad SMARTS) is 1. The third kappa shape index (κ3) is 3.41. The van der Waals surface area contributed by atoms with Crippen molar-refractivity contribution in [3.8, 4) is 0 Å². The third-order valence-corrected chi connectivity index (χ3v) is 4.43. The van der Waals surface area contributed by atoms with E-state index in [1.807, 2.05) is 26.0 Å². The summed E-state index contributed by atoms with van der Waals surface area (Å²) in [5.74, 6) is -1.10. The zero-order chi connectivity index (χ0) is 15.6. The summed E-state index contributed by atoms with van der Waals surface area (Å²) in [6.45, 7) is 3.68. The second-order valence-corrected chi connectivity index (χ2v) is 6.44. The van der Waals surface area contributed by atoms with Crippen LogP contribution >= 0.6 is 0 Å². The van der Waals surface area contributed by atoms with Crippen molar-refractivity contribution in [2.75, 3.05) is 4.72 Å². The minimum absolute atomic E-state index is 0.0217. The molecule has 2 aromatic rings. The van der Waals surface area contributed by atoms with Gasteiger partial charge in [-0.1, -0.05) is 12.1 Å². The number of aryl methyl sites for hydroxylation is 2. The molecule has 2 rings (SSSR count). The number of nitrogens with one attached hydrogen (secondary N) is 1. The summed E-state index contributed by atoms with van der Waals surface area (Å²) in [5.41, 5.74) is 2.31. The van der Waals surface area contributed by atoms with Crippen LogP contribution in [0, 0.1) is 13.8 Å². The second-order valence-electron chi connectivity index (χ2n) is 4.75. The molecule has 0 fully saturated rings. The summed E-state index contributed by atoms with van der Waals surface area (Å²) in [4.78, 5) is 10.8.